The van der Waals surface area contributed by atoms with Gasteiger partial charge in [0.25, 0.3) is 0 Å². The van der Waals surface area contributed by atoms with Crippen molar-refractivity contribution >= 4 is 55.2 Å². The molecule has 0 spiro atoms. The van der Waals surface area contributed by atoms with Crippen molar-refractivity contribution in [1.82, 2.24) is 0 Å². The molecule has 0 saturated carbocycles. The van der Waals surface area contributed by atoms with Crippen molar-refractivity contribution in [1.29, 1.82) is 0 Å². The van der Waals surface area contributed by atoms with Gasteiger partial charge in [-0.2, -0.15) is 0 Å². The molecular formula is C48H35N3O. The molecule has 1 unspecified atom stereocenters. The van der Waals surface area contributed by atoms with E-state index in [-0.39, 0.29) is 6.04 Å². The molecule has 0 aliphatic rings. The summed E-state index contributed by atoms with van der Waals surface area (Å²) in [5.74, 6) is 1.02. The van der Waals surface area contributed by atoms with Crippen molar-refractivity contribution in [3.05, 3.63) is 193 Å². The molecule has 0 bridgehead atoms. The summed E-state index contributed by atoms with van der Waals surface area (Å²) < 4.78 is 6.74. The molecule has 0 fully saturated rings. The average Bonchev–Trinajstić information content (AvgIpc) is 3.58. The lowest BCUT2D eigenvalue weighted by molar-refractivity contribution is 0.670. The Bertz CT molecular complexity index is 2800. The quantitative estimate of drug-likeness (QED) is 0.141. The summed E-state index contributed by atoms with van der Waals surface area (Å²) in [4.78, 5) is 10.0. The minimum absolute atomic E-state index is 0.170. The number of hydrogen-bond acceptors (Lipinski definition) is 2. The highest BCUT2D eigenvalue weighted by Crippen LogP contribution is 2.43. The summed E-state index contributed by atoms with van der Waals surface area (Å²) in [5.41, 5.74) is 15.7. The number of amidine groups is 2. The van der Waals surface area contributed by atoms with Crippen molar-refractivity contribution in [2.45, 2.75) is 13.0 Å². The lowest BCUT2D eigenvalue weighted by Crippen LogP contribution is -2.16. The first kappa shape index (κ1) is 31.2. The first-order valence-corrected chi connectivity index (χ1v) is 17.6. The van der Waals surface area contributed by atoms with Crippen LogP contribution < -0.4 is 5.73 Å². The third kappa shape index (κ3) is 5.80. The molecule has 1 aromatic heterocycles. The Morgan fingerprint density at radius 3 is 1.87 bits per heavy atom. The molecule has 4 heteroatoms. The summed E-state index contributed by atoms with van der Waals surface area (Å²) in [6.45, 7) is 2.09. The molecular weight excluding hydrogens is 635 g/mol. The van der Waals surface area contributed by atoms with Gasteiger partial charge in [0.1, 0.15) is 17.0 Å². The van der Waals surface area contributed by atoms with E-state index in [0.29, 0.717) is 11.7 Å². The molecule has 9 rings (SSSR count). The number of hydrogen-bond donors (Lipinski definition) is 1. The number of aliphatic imine (C=N–C) groups is 2. The molecule has 1 atom stereocenters. The number of nitrogens with zero attached hydrogens (tertiary/aromatic N) is 2. The predicted octanol–water partition coefficient (Wildman–Crippen LogP) is 12.1. The molecule has 0 aliphatic carbocycles. The van der Waals surface area contributed by atoms with Gasteiger partial charge in [0.2, 0.25) is 0 Å². The van der Waals surface area contributed by atoms with Gasteiger partial charge in [-0.15, -0.1) is 0 Å². The zero-order valence-corrected chi connectivity index (χ0v) is 28.7. The lowest BCUT2D eigenvalue weighted by atomic mass is 9.93. The Morgan fingerprint density at radius 2 is 1.13 bits per heavy atom. The van der Waals surface area contributed by atoms with Crippen LogP contribution in [-0.2, 0) is 0 Å². The fourth-order valence-electron chi connectivity index (χ4n) is 7.13. The van der Waals surface area contributed by atoms with Crippen molar-refractivity contribution < 1.29 is 4.42 Å². The van der Waals surface area contributed by atoms with Crippen molar-refractivity contribution in [2.75, 3.05) is 0 Å². The topological polar surface area (TPSA) is 63.9 Å². The second-order valence-electron chi connectivity index (χ2n) is 13.2. The van der Waals surface area contributed by atoms with E-state index < -0.39 is 0 Å². The number of fused-ring (bicyclic) bond motifs is 5. The number of nitrogens with two attached hydrogens (primary N) is 1. The Kier molecular flexibility index (Phi) is 7.90. The highest BCUT2D eigenvalue weighted by Gasteiger charge is 2.18. The number of benzene rings is 8. The SMILES string of the molecule is CC(/N=C(\N=C(/N)c1ccc2ccccc2c1)c1ccccc1)c1ccc(-c2ccc(-c3ccccc3)c3c2oc2cc4ccccc4cc23)cc1. The van der Waals surface area contributed by atoms with E-state index in [0.717, 1.165) is 77.0 Å². The minimum atomic E-state index is -0.170. The van der Waals surface area contributed by atoms with Gasteiger partial charge in [-0.25, -0.2) is 4.99 Å². The summed E-state index contributed by atoms with van der Waals surface area (Å²) in [5, 5.41) is 6.88. The second-order valence-corrected chi connectivity index (χ2v) is 13.2. The summed E-state index contributed by atoms with van der Waals surface area (Å²) in [7, 11) is 0. The molecule has 0 aliphatic heterocycles. The second kappa shape index (κ2) is 13.2. The zero-order chi connectivity index (χ0) is 35.0. The highest BCUT2D eigenvalue weighted by molar-refractivity contribution is 6.18. The maximum atomic E-state index is 6.74. The lowest BCUT2D eigenvalue weighted by Gasteiger charge is -2.12. The molecule has 0 radical (unpaired) electrons. The van der Waals surface area contributed by atoms with E-state index >= 15 is 0 Å². The van der Waals surface area contributed by atoms with Gasteiger partial charge in [0.05, 0.1) is 6.04 Å². The van der Waals surface area contributed by atoms with Gasteiger partial charge < -0.3 is 10.2 Å². The zero-order valence-electron chi connectivity index (χ0n) is 28.7. The molecule has 0 saturated heterocycles. The summed E-state index contributed by atoms with van der Waals surface area (Å²) in [6.07, 6.45) is 0. The number of rotatable bonds is 6. The van der Waals surface area contributed by atoms with Gasteiger partial charge in [-0.05, 0) is 75.0 Å². The molecule has 248 valence electrons. The number of furan rings is 1. The van der Waals surface area contributed by atoms with E-state index in [9.17, 15) is 0 Å². The molecule has 4 nitrogen and oxygen atoms in total. The minimum Gasteiger partial charge on any atom is -0.455 e. The van der Waals surface area contributed by atoms with Crippen molar-refractivity contribution in [2.24, 2.45) is 15.7 Å². The summed E-state index contributed by atoms with van der Waals surface area (Å²) in [6, 6.07) is 60.7. The van der Waals surface area contributed by atoms with E-state index in [4.69, 9.17) is 20.1 Å². The van der Waals surface area contributed by atoms with Crippen molar-refractivity contribution in [3.63, 3.8) is 0 Å². The van der Waals surface area contributed by atoms with Crippen LogP contribution in [0.25, 0.3) is 65.7 Å². The molecule has 9 aromatic rings. The van der Waals surface area contributed by atoms with E-state index in [1.165, 1.54) is 5.39 Å². The molecule has 2 N–H and O–H groups in total. The van der Waals surface area contributed by atoms with Gasteiger partial charge >= 0.3 is 0 Å². The van der Waals surface area contributed by atoms with Crippen LogP contribution in [0.15, 0.2) is 190 Å². The molecule has 0 amide bonds. The standard InChI is InChI=1S/C48H35N3O/c1-31(50-48(36-15-6-3-7-16-36)51-47(49)40-25-22-33-12-8-9-17-37(33)28-40)32-20-23-35(24-21-32)42-27-26-41(34-13-4-2-5-14-34)45-43-29-38-18-10-11-19-39(38)30-44(43)52-46(42)45/h2-31H,1H3,(H2,49,50,51). The van der Waals surface area contributed by atoms with Gasteiger partial charge in [0.15, 0.2) is 5.84 Å². The van der Waals surface area contributed by atoms with Gasteiger partial charge in [0, 0.05) is 27.5 Å². The molecule has 52 heavy (non-hydrogen) atoms. The molecule has 1 heterocycles. The van der Waals surface area contributed by atoms with Gasteiger partial charge in [-0.1, -0.05) is 152 Å². The van der Waals surface area contributed by atoms with Crippen LogP contribution >= 0.6 is 0 Å². The van der Waals surface area contributed by atoms with Crippen LogP contribution in [0.1, 0.15) is 29.7 Å². The van der Waals surface area contributed by atoms with Crippen LogP contribution in [0, 0.1) is 0 Å². The largest absolute Gasteiger partial charge is 0.455 e. The highest BCUT2D eigenvalue weighted by atomic mass is 16.3. The predicted molar refractivity (Wildman–Crippen MR) is 218 cm³/mol. The summed E-state index contributed by atoms with van der Waals surface area (Å²) >= 11 is 0. The first-order valence-electron chi connectivity index (χ1n) is 17.6. The Labute approximate surface area is 302 Å². The average molecular weight is 670 g/mol. The van der Waals surface area contributed by atoms with Crippen LogP contribution in [0.5, 0.6) is 0 Å². The molecule has 8 aromatic carbocycles. The third-order valence-electron chi connectivity index (χ3n) is 9.90. The maximum absolute atomic E-state index is 6.74. The van der Waals surface area contributed by atoms with E-state index in [2.05, 4.69) is 134 Å². The maximum Gasteiger partial charge on any atom is 0.157 e. The van der Waals surface area contributed by atoms with E-state index in [1.54, 1.807) is 0 Å². The van der Waals surface area contributed by atoms with Crippen LogP contribution in [0.2, 0.25) is 0 Å². The Balaban J connectivity index is 1.10. The fourth-order valence-corrected chi connectivity index (χ4v) is 7.13. The Hall–Kier alpha value is -6.78. The first-order chi connectivity index (χ1) is 25.6. The monoisotopic (exact) mass is 669 g/mol. The Morgan fingerprint density at radius 1 is 0.538 bits per heavy atom. The van der Waals surface area contributed by atoms with Crippen LogP contribution in [0.4, 0.5) is 0 Å². The van der Waals surface area contributed by atoms with Gasteiger partial charge in [-0.3, -0.25) is 4.99 Å². The fraction of sp³-hybridized carbons (Fsp3) is 0.0417. The van der Waals surface area contributed by atoms with Crippen LogP contribution in [0.3, 0.4) is 0 Å². The normalized spacial score (nSPS) is 12.9. The van der Waals surface area contributed by atoms with E-state index in [1.807, 2.05) is 48.5 Å². The smallest absolute Gasteiger partial charge is 0.157 e. The van der Waals surface area contributed by atoms with Crippen LogP contribution in [-0.4, -0.2) is 11.7 Å². The van der Waals surface area contributed by atoms with Crippen molar-refractivity contribution in [3.8, 4) is 22.3 Å². The third-order valence-corrected chi connectivity index (χ3v) is 9.90.